The minimum atomic E-state index is 0.347. The van der Waals surface area contributed by atoms with Crippen molar-refractivity contribution >= 4 is 11.8 Å². The third-order valence-corrected chi connectivity index (χ3v) is 3.78. The number of nitrogens with one attached hydrogen (secondary N) is 1. The fraction of sp³-hybridized carbons (Fsp3) is 0.600. The predicted molar refractivity (Wildman–Crippen MR) is 83.6 cm³/mol. The second-order valence-corrected chi connectivity index (χ2v) is 5.39. The lowest BCUT2D eigenvalue weighted by Crippen LogP contribution is -2.19. The summed E-state index contributed by atoms with van der Waals surface area (Å²) in [5, 5.41) is 3.36. The van der Waals surface area contributed by atoms with E-state index >= 15 is 0 Å². The monoisotopic (exact) mass is 283 g/mol. The molecule has 108 valence electrons. The maximum Gasteiger partial charge on any atom is 0.161 e. The molecule has 1 N–H and O–H groups in total. The Morgan fingerprint density at radius 1 is 1.11 bits per heavy atom. The van der Waals surface area contributed by atoms with Crippen molar-refractivity contribution in [1.29, 1.82) is 0 Å². The molecule has 0 radical (unpaired) electrons. The summed E-state index contributed by atoms with van der Waals surface area (Å²) in [6.45, 7) is 7.46. The van der Waals surface area contributed by atoms with E-state index in [0.29, 0.717) is 19.3 Å². The highest BCUT2D eigenvalue weighted by Crippen LogP contribution is 2.31. The molecule has 0 amide bonds. The lowest BCUT2D eigenvalue weighted by atomic mass is 10.1. The summed E-state index contributed by atoms with van der Waals surface area (Å²) in [5.41, 5.74) is 1.25. The molecular weight excluding hydrogens is 258 g/mol. The molecule has 0 fully saturated rings. The Hall–Kier alpha value is -0.870. The van der Waals surface area contributed by atoms with Crippen molar-refractivity contribution < 1.29 is 9.47 Å². The molecule has 0 aliphatic heterocycles. The number of benzene rings is 1. The average molecular weight is 283 g/mol. The van der Waals surface area contributed by atoms with Crippen molar-refractivity contribution in [3.63, 3.8) is 0 Å². The Balaban J connectivity index is 2.91. The largest absolute Gasteiger partial charge is 0.490 e. The Kier molecular flexibility index (Phi) is 7.75. The van der Waals surface area contributed by atoms with E-state index in [2.05, 4.69) is 24.4 Å². The first-order valence-electron chi connectivity index (χ1n) is 6.91. The van der Waals surface area contributed by atoms with Crippen LogP contribution in [0.1, 0.15) is 32.4 Å². The van der Waals surface area contributed by atoms with Crippen LogP contribution in [0.15, 0.2) is 18.2 Å². The molecule has 1 atom stereocenters. The summed E-state index contributed by atoms with van der Waals surface area (Å²) < 4.78 is 11.3. The molecule has 0 bridgehead atoms. The van der Waals surface area contributed by atoms with Crippen LogP contribution in [0.4, 0.5) is 0 Å². The zero-order chi connectivity index (χ0) is 14.1. The van der Waals surface area contributed by atoms with Gasteiger partial charge in [0.05, 0.1) is 13.2 Å². The summed E-state index contributed by atoms with van der Waals surface area (Å²) in [6, 6.07) is 6.56. The standard InChI is InChI=1S/C15H25NO2S/c1-5-17-14-9-8-12(10-15(14)18-6-2)13(16-4)11-19-7-3/h8-10,13,16H,5-7,11H2,1-4H3. The molecule has 1 rings (SSSR count). The third-order valence-electron chi connectivity index (χ3n) is 2.81. The Labute approximate surface area is 121 Å². The number of hydrogen-bond donors (Lipinski definition) is 1. The van der Waals surface area contributed by atoms with Crippen LogP contribution in [0.5, 0.6) is 11.5 Å². The van der Waals surface area contributed by atoms with Gasteiger partial charge >= 0.3 is 0 Å². The Morgan fingerprint density at radius 2 is 1.79 bits per heavy atom. The zero-order valence-corrected chi connectivity index (χ0v) is 13.2. The molecule has 4 heteroatoms. The van der Waals surface area contributed by atoms with Crippen molar-refractivity contribution in [2.45, 2.75) is 26.8 Å². The van der Waals surface area contributed by atoms with Gasteiger partial charge in [0.15, 0.2) is 11.5 Å². The quantitative estimate of drug-likeness (QED) is 0.751. The normalized spacial score (nSPS) is 12.2. The zero-order valence-electron chi connectivity index (χ0n) is 12.4. The summed E-state index contributed by atoms with van der Waals surface area (Å²) in [4.78, 5) is 0. The minimum Gasteiger partial charge on any atom is -0.490 e. The summed E-state index contributed by atoms with van der Waals surface area (Å²) in [6.07, 6.45) is 0. The van der Waals surface area contributed by atoms with Gasteiger partial charge in [-0.25, -0.2) is 0 Å². The highest BCUT2D eigenvalue weighted by Gasteiger charge is 2.13. The smallest absolute Gasteiger partial charge is 0.161 e. The molecule has 0 spiro atoms. The van der Waals surface area contributed by atoms with Gasteiger partial charge in [-0.3, -0.25) is 0 Å². The summed E-state index contributed by atoms with van der Waals surface area (Å²) in [5.74, 6) is 3.86. The maximum atomic E-state index is 5.67. The Bertz CT molecular complexity index is 371. The van der Waals surface area contributed by atoms with Gasteiger partial charge in [0.25, 0.3) is 0 Å². The highest BCUT2D eigenvalue weighted by molar-refractivity contribution is 7.99. The molecule has 3 nitrogen and oxygen atoms in total. The van der Waals surface area contributed by atoms with E-state index in [9.17, 15) is 0 Å². The van der Waals surface area contributed by atoms with Gasteiger partial charge in [-0.1, -0.05) is 13.0 Å². The van der Waals surface area contributed by atoms with Crippen molar-refractivity contribution in [1.82, 2.24) is 5.32 Å². The first-order chi connectivity index (χ1) is 9.26. The molecular formula is C15H25NO2S. The van der Waals surface area contributed by atoms with E-state index < -0.39 is 0 Å². The molecule has 0 aliphatic rings. The van der Waals surface area contributed by atoms with E-state index in [1.54, 1.807) is 0 Å². The van der Waals surface area contributed by atoms with Crippen LogP contribution in [0.2, 0.25) is 0 Å². The predicted octanol–water partition coefficient (Wildman–Crippen LogP) is 3.50. The molecule has 0 saturated carbocycles. The second kappa shape index (κ2) is 9.10. The minimum absolute atomic E-state index is 0.347. The van der Waals surface area contributed by atoms with Crippen LogP contribution in [-0.2, 0) is 0 Å². The first-order valence-corrected chi connectivity index (χ1v) is 8.06. The first kappa shape index (κ1) is 16.2. The summed E-state index contributed by atoms with van der Waals surface area (Å²) in [7, 11) is 2.00. The molecule has 1 aromatic carbocycles. The van der Waals surface area contributed by atoms with E-state index in [4.69, 9.17) is 9.47 Å². The van der Waals surface area contributed by atoms with Gasteiger partial charge in [-0.05, 0) is 44.3 Å². The number of ether oxygens (including phenoxy) is 2. The van der Waals surface area contributed by atoms with Gasteiger partial charge in [-0.15, -0.1) is 0 Å². The van der Waals surface area contributed by atoms with Gasteiger partial charge in [0.2, 0.25) is 0 Å². The van der Waals surface area contributed by atoms with Crippen LogP contribution in [0, 0.1) is 0 Å². The molecule has 0 aliphatic carbocycles. The molecule has 1 unspecified atom stereocenters. The van der Waals surface area contributed by atoms with Gasteiger partial charge in [0.1, 0.15) is 0 Å². The van der Waals surface area contributed by atoms with Crippen LogP contribution < -0.4 is 14.8 Å². The van der Waals surface area contributed by atoms with Crippen molar-refractivity contribution in [2.75, 3.05) is 31.8 Å². The highest BCUT2D eigenvalue weighted by atomic mass is 32.2. The van der Waals surface area contributed by atoms with Crippen LogP contribution >= 0.6 is 11.8 Å². The Morgan fingerprint density at radius 3 is 2.37 bits per heavy atom. The molecule has 1 aromatic rings. The fourth-order valence-electron chi connectivity index (χ4n) is 1.87. The fourth-order valence-corrected chi connectivity index (χ4v) is 2.70. The van der Waals surface area contributed by atoms with Gasteiger partial charge in [0, 0.05) is 11.8 Å². The lowest BCUT2D eigenvalue weighted by molar-refractivity contribution is 0.287. The van der Waals surface area contributed by atoms with E-state index in [-0.39, 0.29) is 0 Å². The van der Waals surface area contributed by atoms with Gasteiger partial charge in [-0.2, -0.15) is 11.8 Å². The topological polar surface area (TPSA) is 30.5 Å². The van der Waals surface area contributed by atoms with E-state index in [1.807, 2.05) is 38.7 Å². The van der Waals surface area contributed by atoms with Crippen molar-refractivity contribution in [2.24, 2.45) is 0 Å². The molecule has 19 heavy (non-hydrogen) atoms. The van der Waals surface area contributed by atoms with Crippen molar-refractivity contribution in [3.8, 4) is 11.5 Å². The lowest BCUT2D eigenvalue weighted by Gasteiger charge is -2.18. The second-order valence-electron chi connectivity index (χ2n) is 4.07. The van der Waals surface area contributed by atoms with Crippen LogP contribution in [0.3, 0.4) is 0 Å². The SMILES string of the molecule is CCOc1ccc(C(CSCC)NC)cc1OCC. The van der Waals surface area contributed by atoms with Crippen LogP contribution in [-0.4, -0.2) is 31.8 Å². The van der Waals surface area contributed by atoms with Crippen LogP contribution in [0.25, 0.3) is 0 Å². The van der Waals surface area contributed by atoms with E-state index in [1.165, 1.54) is 5.56 Å². The molecule has 0 heterocycles. The number of thioether (sulfide) groups is 1. The maximum absolute atomic E-state index is 5.67. The average Bonchev–Trinajstić information content (AvgIpc) is 2.43. The summed E-state index contributed by atoms with van der Waals surface area (Å²) >= 11 is 1.93. The molecule has 0 saturated heterocycles. The van der Waals surface area contributed by atoms with E-state index in [0.717, 1.165) is 23.0 Å². The molecule has 0 aromatic heterocycles. The van der Waals surface area contributed by atoms with Crippen molar-refractivity contribution in [3.05, 3.63) is 23.8 Å². The third kappa shape index (κ3) is 4.96. The van der Waals surface area contributed by atoms with Gasteiger partial charge < -0.3 is 14.8 Å². The number of rotatable bonds is 9. The number of hydrogen-bond acceptors (Lipinski definition) is 4.